The molecule has 0 saturated heterocycles. The van der Waals surface area contributed by atoms with Crippen molar-refractivity contribution >= 4 is 40.0 Å². The van der Waals surface area contributed by atoms with E-state index in [4.69, 9.17) is 0 Å². The van der Waals surface area contributed by atoms with Gasteiger partial charge in [-0.2, -0.15) is 0 Å². The van der Waals surface area contributed by atoms with E-state index < -0.39 is 10.0 Å². The molecular formula is C20H28FIN4O2S. The Morgan fingerprint density at radius 1 is 1.07 bits per heavy atom. The van der Waals surface area contributed by atoms with Crippen molar-refractivity contribution in [2.45, 2.75) is 24.8 Å². The van der Waals surface area contributed by atoms with Crippen LogP contribution < -0.4 is 10.6 Å². The second-order valence-corrected chi connectivity index (χ2v) is 8.59. The van der Waals surface area contributed by atoms with Crippen LogP contribution in [-0.4, -0.2) is 45.9 Å². The Bertz CT molecular complexity index is 903. The molecule has 0 heterocycles. The van der Waals surface area contributed by atoms with Crippen LogP contribution in [0, 0.1) is 5.82 Å². The highest BCUT2D eigenvalue weighted by Crippen LogP contribution is 2.14. The molecule has 2 rings (SSSR count). The summed E-state index contributed by atoms with van der Waals surface area (Å²) in [5, 5.41) is 6.39. The molecule has 0 radical (unpaired) electrons. The van der Waals surface area contributed by atoms with E-state index in [1.54, 1.807) is 30.3 Å². The summed E-state index contributed by atoms with van der Waals surface area (Å²) in [6.45, 7) is 3.73. The Labute approximate surface area is 189 Å². The summed E-state index contributed by atoms with van der Waals surface area (Å²) >= 11 is 0. The van der Waals surface area contributed by atoms with Crippen LogP contribution in [0.5, 0.6) is 0 Å². The van der Waals surface area contributed by atoms with Crippen molar-refractivity contribution in [3.63, 3.8) is 0 Å². The van der Waals surface area contributed by atoms with Crippen LogP contribution in [0.1, 0.15) is 18.1 Å². The van der Waals surface area contributed by atoms with E-state index in [2.05, 4.69) is 15.6 Å². The van der Waals surface area contributed by atoms with Gasteiger partial charge < -0.3 is 10.6 Å². The molecule has 0 amide bonds. The monoisotopic (exact) mass is 534 g/mol. The minimum absolute atomic E-state index is 0. The lowest BCUT2D eigenvalue weighted by Crippen LogP contribution is -2.38. The molecule has 2 aromatic rings. The molecule has 6 nitrogen and oxygen atoms in total. The Morgan fingerprint density at radius 3 is 2.34 bits per heavy atom. The van der Waals surface area contributed by atoms with E-state index >= 15 is 0 Å². The first-order valence-electron chi connectivity index (χ1n) is 9.11. The lowest BCUT2D eigenvalue weighted by Gasteiger charge is -2.12. The molecule has 9 heteroatoms. The quantitative estimate of drug-likeness (QED) is 0.311. The zero-order valence-electron chi connectivity index (χ0n) is 16.9. The van der Waals surface area contributed by atoms with Gasteiger partial charge in [0.15, 0.2) is 5.96 Å². The van der Waals surface area contributed by atoms with Crippen molar-refractivity contribution in [2.75, 3.05) is 27.2 Å². The molecule has 0 unspecified atom stereocenters. The molecule has 2 N–H and O–H groups in total. The molecule has 2 aromatic carbocycles. The fourth-order valence-corrected chi connectivity index (χ4v) is 3.41. The van der Waals surface area contributed by atoms with Crippen LogP contribution >= 0.6 is 24.0 Å². The number of hydrogen-bond donors (Lipinski definition) is 2. The molecule has 29 heavy (non-hydrogen) atoms. The summed E-state index contributed by atoms with van der Waals surface area (Å²) in [5.41, 5.74) is 1.82. The van der Waals surface area contributed by atoms with Crippen molar-refractivity contribution in [3.8, 4) is 0 Å². The van der Waals surface area contributed by atoms with E-state index in [0.29, 0.717) is 32.0 Å². The third kappa shape index (κ3) is 7.90. The number of guanidine groups is 1. The van der Waals surface area contributed by atoms with Crippen molar-refractivity contribution in [1.29, 1.82) is 0 Å². The summed E-state index contributed by atoms with van der Waals surface area (Å²) in [7, 11) is -0.418. The van der Waals surface area contributed by atoms with Gasteiger partial charge in [-0.05, 0) is 48.7 Å². The summed E-state index contributed by atoms with van der Waals surface area (Å²) < 4.78 is 38.6. The maximum absolute atomic E-state index is 13.2. The number of benzene rings is 2. The first kappa shape index (κ1) is 25.3. The van der Waals surface area contributed by atoms with Crippen molar-refractivity contribution in [1.82, 2.24) is 14.9 Å². The van der Waals surface area contributed by atoms with Gasteiger partial charge >= 0.3 is 0 Å². The predicted octanol–water partition coefficient (Wildman–Crippen LogP) is 2.99. The largest absolute Gasteiger partial charge is 0.357 e. The topological polar surface area (TPSA) is 73.8 Å². The molecule has 0 aliphatic heterocycles. The number of nitrogens with one attached hydrogen (secondary N) is 2. The highest BCUT2D eigenvalue weighted by atomic mass is 127. The summed E-state index contributed by atoms with van der Waals surface area (Å²) in [5.74, 6) is 0.418. The Balaban J connectivity index is 0.00000420. The fraction of sp³-hybridized carbons (Fsp3) is 0.350. The van der Waals surface area contributed by atoms with Crippen molar-refractivity contribution < 1.29 is 12.8 Å². The minimum atomic E-state index is -3.43. The van der Waals surface area contributed by atoms with Gasteiger partial charge in [-0.15, -0.1) is 24.0 Å². The SMILES string of the molecule is CCNC(=NCc1ccc(S(=O)(=O)N(C)C)cc1)NCCc1cccc(F)c1.I. The zero-order chi connectivity index (χ0) is 20.6. The standard InChI is InChI=1S/C20H27FN4O2S.HI/c1-4-22-20(23-13-12-16-6-5-7-18(21)14-16)24-15-17-8-10-19(11-9-17)28(26,27)25(2)3;/h5-11,14H,4,12-13,15H2,1-3H3,(H2,22,23,24);1H. The first-order chi connectivity index (χ1) is 13.3. The number of nitrogens with zero attached hydrogens (tertiary/aromatic N) is 2. The maximum atomic E-state index is 13.2. The van der Waals surface area contributed by atoms with E-state index in [1.165, 1.54) is 30.5 Å². The van der Waals surface area contributed by atoms with Gasteiger partial charge in [0.1, 0.15) is 5.82 Å². The highest BCUT2D eigenvalue weighted by molar-refractivity contribution is 14.0. The second kappa shape index (κ2) is 12.1. The van der Waals surface area contributed by atoms with Gasteiger partial charge in [-0.1, -0.05) is 24.3 Å². The van der Waals surface area contributed by atoms with Gasteiger partial charge in [-0.25, -0.2) is 22.1 Å². The van der Waals surface area contributed by atoms with Crippen LogP contribution in [0.25, 0.3) is 0 Å². The average Bonchev–Trinajstić information content (AvgIpc) is 2.66. The second-order valence-electron chi connectivity index (χ2n) is 6.43. The molecular weight excluding hydrogens is 506 g/mol. The van der Waals surface area contributed by atoms with E-state index in [0.717, 1.165) is 11.1 Å². The molecule has 0 bridgehead atoms. The fourth-order valence-electron chi connectivity index (χ4n) is 2.51. The number of hydrogen-bond acceptors (Lipinski definition) is 3. The van der Waals surface area contributed by atoms with Gasteiger partial charge in [0.25, 0.3) is 0 Å². The Morgan fingerprint density at radius 2 is 1.76 bits per heavy atom. The van der Waals surface area contributed by atoms with Gasteiger partial charge in [0.2, 0.25) is 10.0 Å². The highest BCUT2D eigenvalue weighted by Gasteiger charge is 2.16. The predicted molar refractivity (Wildman–Crippen MR) is 126 cm³/mol. The minimum Gasteiger partial charge on any atom is -0.357 e. The molecule has 0 aliphatic rings. The molecule has 0 saturated carbocycles. The lowest BCUT2D eigenvalue weighted by atomic mass is 10.1. The third-order valence-electron chi connectivity index (χ3n) is 4.06. The van der Waals surface area contributed by atoms with Gasteiger partial charge in [0, 0.05) is 27.2 Å². The molecule has 0 spiro atoms. The Kier molecular flexibility index (Phi) is 10.5. The molecule has 0 atom stereocenters. The third-order valence-corrected chi connectivity index (χ3v) is 5.89. The average molecular weight is 534 g/mol. The molecule has 0 aromatic heterocycles. The van der Waals surface area contributed by atoms with Crippen LogP contribution in [0.15, 0.2) is 58.4 Å². The molecule has 160 valence electrons. The Hall–Kier alpha value is -1.72. The van der Waals surface area contributed by atoms with Crippen LogP contribution in [0.4, 0.5) is 4.39 Å². The lowest BCUT2D eigenvalue weighted by molar-refractivity contribution is 0.520. The van der Waals surface area contributed by atoms with Crippen LogP contribution in [0.2, 0.25) is 0 Å². The number of halogens is 2. The van der Waals surface area contributed by atoms with Crippen molar-refractivity contribution in [3.05, 3.63) is 65.5 Å². The molecule has 0 fully saturated rings. The summed E-state index contributed by atoms with van der Waals surface area (Å²) in [6, 6.07) is 13.2. The maximum Gasteiger partial charge on any atom is 0.242 e. The number of rotatable bonds is 8. The smallest absolute Gasteiger partial charge is 0.242 e. The van der Waals surface area contributed by atoms with Crippen molar-refractivity contribution in [2.24, 2.45) is 4.99 Å². The summed E-state index contributed by atoms with van der Waals surface area (Å²) in [6.07, 6.45) is 0.680. The molecule has 0 aliphatic carbocycles. The summed E-state index contributed by atoms with van der Waals surface area (Å²) in [4.78, 5) is 4.77. The normalized spacial score (nSPS) is 11.8. The van der Waals surface area contributed by atoms with E-state index in [-0.39, 0.29) is 34.7 Å². The van der Waals surface area contributed by atoms with E-state index in [1.807, 2.05) is 13.0 Å². The van der Waals surface area contributed by atoms with Crippen LogP contribution in [0.3, 0.4) is 0 Å². The first-order valence-corrected chi connectivity index (χ1v) is 10.5. The van der Waals surface area contributed by atoms with Gasteiger partial charge in [0.05, 0.1) is 11.4 Å². The van der Waals surface area contributed by atoms with Crippen LogP contribution in [-0.2, 0) is 23.0 Å². The number of sulfonamides is 1. The number of aliphatic imine (C=N–C) groups is 1. The van der Waals surface area contributed by atoms with E-state index in [9.17, 15) is 12.8 Å². The van der Waals surface area contributed by atoms with Gasteiger partial charge in [-0.3, -0.25) is 0 Å². The zero-order valence-corrected chi connectivity index (χ0v) is 20.0.